The molecule has 1 aliphatic rings. The summed E-state index contributed by atoms with van der Waals surface area (Å²) in [6.45, 7) is 5.74. The van der Waals surface area contributed by atoms with Gasteiger partial charge in [-0.15, -0.1) is 0 Å². The van der Waals surface area contributed by atoms with Crippen molar-refractivity contribution in [2.75, 3.05) is 46.9 Å². The van der Waals surface area contributed by atoms with Crippen LogP contribution in [0, 0.1) is 6.92 Å². The summed E-state index contributed by atoms with van der Waals surface area (Å²) < 4.78 is 47.1. The van der Waals surface area contributed by atoms with Crippen LogP contribution in [-0.4, -0.2) is 73.9 Å². The zero-order valence-corrected chi connectivity index (χ0v) is 20.3. The zero-order chi connectivity index (χ0) is 25.4. The number of rotatable bonds is 6. The summed E-state index contributed by atoms with van der Waals surface area (Å²) in [7, 11) is 3.04. The molecule has 0 unspecified atom stereocenters. The maximum Gasteiger partial charge on any atom is 0.390 e. The van der Waals surface area contributed by atoms with Gasteiger partial charge in [0.25, 0.3) is 0 Å². The van der Waals surface area contributed by atoms with Crippen LogP contribution in [0.5, 0.6) is 5.75 Å². The summed E-state index contributed by atoms with van der Waals surface area (Å²) in [6.07, 6.45) is -2.88. The third-order valence-corrected chi connectivity index (χ3v) is 6.08. The minimum atomic E-state index is -4.08. The Labute approximate surface area is 203 Å². The highest BCUT2D eigenvalue weighted by molar-refractivity contribution is 5.89. The Kier molecular flexibility index (Phi) is 9.17. The lowest BCUT2D eigenvalue weighted by molar-refractivity contribution is -0.138. The zero-order valence-electron chi connectivity index (χ0n) is 20.3. The van der Waals surface area contributed by atoms with Crippen LogP contribution in [0.15, 0.2) is 48.7 Å². The number of carbonyl (C=O) groups is 1. The Morgan fingerprint density at radius 3 is 2.29 bits per heavy atom. The number of aromatic amines is 1. The second-order valence-corrected chi connectivity index (χ2v) is 8.48. The molecule has 0 amide bonds. The van der Waals surface area contributed by atoms with Crippen molar-refractivity contribution in [2.24, 2.45) is 0 Å². The maximum absolute atomic E-state index is 12.4. The van der Waals surface area contributed by atoms with Crippen LogP contribution >= 0.6 is 0 Å². The van der Waals surface area contributed by atoms with Gasteiger partial charge in [-0.25, -0.2) is 4.79 Å². The van der Waals surface area contributed by atoms with Crippen molar-refractivity contribution >= 4 is 16.9 Å². The second-order valence-electron chi connectivity index (χ2n) is 8.48. The molecule has 0 bridgehead atoms. The van der Waals surface area contributed by atoms with E-state index in [9.17, 15) is 18.0 Å². The van der Waals surface area contributed by atoms with Crippen molar-refractivity contribution < 1.29 is 27.4 Å². The molecular formula is C26H32F3N3O3. The molecule has 0 saturated carbocycles. The minimum Gasteiger partial charge on any atom is -0.496 e. The third kappa shape index (κ3) is 7.47. The van der Waals surface area contributed by atoms with Crippen LogP contribution in [-0.2, 0) is 11.3 Å². The molecule has 1 aliphatic heterocycles. The van der Waals surface area contributed by atoms with E-state index in [2.05, 4.69) is 20.7 Å². The predicted molar refractivity (Wildman–Crippen MR) is 130 cm³/mol. The number of halogens is 3. The molecule has 3 aromatic rings. The second kappa shape index (κ2) is 12.1. The lowest BCUT2D eigenvalue weighted by Crippen LogP contribution is -2.46. The van der Waals surface area contributed by atoms with Crippen molar-refractivity contribution in [3.63, 3.8) is 0 Å². The van der Waals surface area contributed by atoms with Gasteiger partial charge < -0.3 is 19.4 Å². The van der Waals surface area contributed by atoms with Crippen molar-refractivity contribution in [2.45, 2.75) is 26.1 Å². The highest BCUT2D eigenvalue weighted by atomic mass is 19.4. The summed E-state index contributed by atoms with van der Waals surface area (Å²) in [4.78, 5) is 18.2. The molecule has 0 aliphatic carbocycles. The molecule has 0 radical (unpaired) electrons. The third-order valence-electron chi connectivity index (χ3n) is 6.08. The number of hydrogen-bond acceptors (Lipinski definition) is 5. The van der Waals surface area contributed by atoms with E-state index in [1.165, 1.54) is 7.11 Å². The molecule has 4 rings (SSSR count). The van der Waals surface area contributed by atoms with Gasteiger partial charge in [0.15, 0.2) is 0 Å². The van der Waals surface area contributed by atoms with E-state index in [0.29, 0.717) is 18.7 Å². The van der Waals surface area contributed by atoms with Gasteiger partial charge in [0.2, 0.25) is 0 Å². The summed E-state index contributed by atoms with van der Waals surface area (Å²) in [5, 5.41) is 1.15. The van der Waals surface area contributed by atoms with Crippen LogP contribution in [0.3, 0.4) is 0 Å². The maximum atomic E-state index is 12.4. The normalized spacial score (nSPS) is 14.9. The van der Waals surface area contributed by atoms with E-state index in [4.69, 9.17) is 4.74 Å². The van der Waals surface area contributed by atoms with Crippen LogP contribution in [0.1, 0.15) is 27.9 Å². The smallest absolute Gasteiger partial charge is 0.390 e. The van der Waals surface area contributed by atoms with Gasteiger partial charge in [-0.05, 0) is 36.8 Å². The van der Waals surface area contributed by atoms with Gasteiger partial charge in [0.1, 0.15) is 5.75 Å². The van der Waals surface area contributed by atoms with Gasteiger partial charge in [0, 0.05) is 61.9 Å². The summed E-state index contributed by atoms with van der Waals surface area (Å²) in [5.41, 5.74) is 3.97. The molecule has 2 aromatic carbocycles. The number of ether oxygens (including phenoxy) is 2. The largest absolute Gasteiger partial charge is 0.496 e. The monoisotopic (exact) mass is 491 g/mol. The molecule has 1 N–H and O–H groups in total. The van der Waals surface area contributed by atoms with E-state index >= 15 is 0 Å². The highest BCUT2D eigenvalue weighted by Crippen LogP contribution is 2.31. The highest BCUT2D eigenvalue weighted by Gasteiger charge is 2.29. The average Bonchev–Trinajstić information content (AvgIpc) is 3.36. The number of H-pyrrole nitrogens is 1. The van der Waals surface area contributed by atoms with E-state index in [1.54, 1.807) is 31.4 Å². The number of nitrogens with zero attached hydrogens (tertiary/aromatic N) is 2. The molecule has 1 fully saturated rings. The molecule has 0 spiro atoms. The molecule has 9 heteroatoms. The van der Waals surface area contributed by atoms with E-state index in [0.717, 1.165) is 47.4 Å². The topological polar surface area (TPSA) is 57.8 Å². The number of fused-ring (bicyclic) bond motifs is 1. The number of piperazine rings is 1. The first kappa shape index (κ1) is 26.6. The molecule has 6 nitrogen and oxygen atoms in total. The van der Waals surface area contributed by atoms with Crippen molar-refractivity contribution in [1.82, 2.24) is 14.8 Å². The van der Waals surface area contributed by atoms with Crippen LogP contribution in [0.4, 0.5) is 13.2 Å². The Morgan fingerprint density at radius 2 is 1.69 bits per heavy atom. The van der Waals surface area contributed by atoms with Crippen LogP contribution < -0.4 is 4.74 Å². The van der Waals surface area contributed by atoms with Gasteiger partial charge in [-0.1, -0.05) is 18.2 Å². The molecule has 35 heavy (non-hydrogen) atoms. The van der Waals surface area contributed by atoms with Crippen molar-refractivity contribution in [3.05, 3.63) is 65.4 Å². The molecule has 1 aromatic heterocycles. The number of nitrogens with one attached hydrogen (secondary N) is 1. The molecular weight excluding hydrogens is 459 g/mol. The molecule has 2 heterocycles. The number of hydrogen-bond donors (Lipinski definition) is 1. The number of carbonyl (C=O) groups excluding carboxylic acids is 1. The predicted octanol–water partition coefficient (Wildman–Crippen LogP) is 5.03. The van der Waals surface area contributed by atoms with Crippen LogP contribution in [0.2, 0.25) is 0 Å². The van der Waals surface area contributed by atoms with Crippen molar-refractivity contribution in [1.29, 1.82) is 0 Å². The molecule has 0 atom stereocenters. The standard InChI is InChI=1S/C18H24F3N3O.C8H8O2/c1-13-11-16(25-2)15(14-3-5-22-17(13)14)12-24-9-7-23(8-10-24)6-4-18(19,20)21;1-10-8(9)7-5-3-2-4-6-7/h3,5,11,22H,4,6-10,12H2,1-2H3;2-6H,1H3. The Bertz CT molecular complexity index is 1090. The summed E-state index contributed by atoms with van der Waals surface area (Å²) in [6, 6.07) is 13.0. The lowest BCUT2D eigenvalue weighted by atomic mass is 10.0. The van der Waals surface area contributed by atoms with Gasteiger partial charge in [-0.3, -0.25) is 4.90 Å². The van der Waals surface area contributed by atoms with Gasteiger partial charge in [-0.2, -0.15) is 13.2 Å². The summed E-state index contributed by atoms with van der Waals surface area (Å²) in [5.74, 6) is 0.574. The van der Waals surface area contributed by atoms with Gasteiger partial charge >= 0.3 is 12.1 Å². The Morgan fingerprint density at radius 1 is 1.03 bits per heavy atom. The quantitative estimate of drug-likeness (QED) is 0.491. The minimum absolute atomic E-state index is 0.0905. The first-order valence-electron chi connectivity index (χ1n) is 11.5. The average molecular weight is 492 g/mol. The fraction of sp³-hybridized carbons (Fsp3) is 0.423. The first-order chi connectivity index (χ1) is 16.7. The fourth-order valence-electron chi connectivity index (χ4n) is 4.15. The SMILES string of the molecule is COC(=O)c1ccccc1.COc1cc(C)c2[nH]ccc2c1CN1CCN(CCC(F)(F)F)CC1. The van der Waals surface area contributed by atoms with Crippen LogP contribution in [0.25, 0.3) is 10.9 Å². The number of benzene rings is 2. The first-order valence-corrected chi connectivity index (χ1v) is 11.5. The van der Waals surface area contributed by atoms with E-state index in [-0.39, 0.29) is 12.5 Å². The fourth-order valence-corrected chi connectivity index (χ4v) is 4.15. The Balaban J connectivity index is 0.000000287. The van der Waals surface area contributed by atoms with Gasteiger partial charge in [0.05, 0.1) is 26.2 Å². The van der Waals surface area contributed by atoms with E-state index < -0.39 is 12.6 Å². The number of alkyl halides is 3. The molecule has 1 saturated heterocycles. The Hall–Kier alpha value is -3.04. The van der Waals surface area contributed by atoms with E-state index in [1.807, 2.05) is 30.2 Å². The summed E-state index contributed by atoms with van der Waals surface area (Å²) >= 11 is 0. The number of esters is 1. The number of methoxy groups -OCH3 is 2. The van der Waals surface area contributed by atoms with Crippen molar-refractivity contribution in [3.8, 4) is 5.75 Å². The number of aryl methyl sites for hydroxylation is 1. The number of aromatic nitrogens is 1. The lowest BCUT2D eigenvalue weighted by Gasteiger charge is -2.35. The molecule has 190 valence electrons.